The molecular formula is C21H22F3N7O. The predicted octanol–water partition coefficient (Wildman–Crippen LogP) is 2.77. The summed E-state index contributed by atoms with van der Waals surface area (Å²) < 4.78 is 40.5. The summed E-state index contributed by atoms with van der Waals surface area (Å²) in [4.78, 5) is 17.0. The SMILES string of the molecule is O=C(C1CCN(c2ccc3nnnn3n2)CC1)N1CCC(c2cccc(C(F)(F)F)c2)C1. The average Bonchev–Trinajstić information content (AvgIpc) is 3.47. The number of hydrogen-bond donors (Lipinski definition) is 0. The highest BCUT2D eigenvalue weighted by Gasteiger charge is 2.35. The molecule has 11 heteroatoms. The number of carbonyl (C=O) groups is 1. The maximum atomic E-state index is 13.1. The molecule has 2 aromatic heterocycles. The molecular weight excluding hydrogens is 423 g/mol. The third-order valence-corrected chi connectivity index (χ3v) is 6.41. The second-order valence-corrected chi connectivity index (χ2v) is 8.37. The van der Waals surface area contributed by atoms with Gasteiger partial charge in [0.25, 0.3) is 0 Å². The van der Waals surface area contributed by atoms with Gasteiger partial charge < -0.3 is 9.80 Å². The molecule has 1 aromatic carbocycles. The monoisotopic (exact) mass is 445 g/mol. The van der Waals surface area contributed by atoms with E-state index in [0.717, 1.165) is 11.9 Å². The van der Waals surface area contributed by atoms with E-state index in [-0.39, 0.29) is 17.7 Å². The summed E-state index contributed by atoms with van der Waals surface area (Å²) in [5.41, 5.74) is 0.581. The average molecular weight is 445 g/mol. The zero-order chi connectivity index (χ0) is 22.3. The van der Waals surface area contributed by atoms with Crippen LogP contribution in [0, 0.1) is 5.92 Å². The minimum atomic E-state index is -4.36. The molecule has 0 bridgehead atoms. The number of piperidine rings is 1. The van der Waals surface area contributed by atoms with Gasteiger partial charge in [-0.2, -0.15) is 13.2 Å². The van der Waals surface area contributed by atoms with E-state index in [4.69, 9.17) is 0 Å². The molecule has 2 saturated heterocycles. The molecule has 1 unspecified atom stereocenters. The molecule has 0 aliphatic carbocycles. The van der Waals surface area contributed by atoms with Crippen molar-refractivity contribution in [2.45, 2.75) is 31.4 Å². The second kappa shape index (κ2) is 8.03. The Kier molecular flexibility index (Phi) is 5.18. The standard InChI is InChI=1S/C21H22F3N7O/c22-21(23,24)17-3-1-2-15(12-17)16-8-11-30(13-16)20(32)14-6-9-29(10-7-14)19-5-4-18-25-27-28-31(18)26-19/h1-5,12,14,16H,6-11,13H2. The van der Waals surface area contributed by atoms with Crippen molar-refractivity contribution in [3.05, 3.63) is 47.5 Å². The first-order valence-corrected chi connectivity index (χ1v) is 10.6. The van der Waals surface area contributed by atoms with Gasteiger partial charge in [0, 0.05) is 38.0 Å². The number of halogens is 3. The first-order chi connectivity index (χ1) is 15.4. The lowest BCUT2D eigenvalue weighted by molar-refractivity contribution is -0.138. The number of benzene rings is 1. The Morgan fingerprint density at radius 1 is 1.03 bits per heavy atom. The van der Waals surface area contributed by atoms with Crippen molar-refractivity contribution >= 4 is 17.4 Å². The number of hydrogen-bond acceptors (Lipinski definition) is 6. The van der Waals surface area contributed by atoms with Crippen molar-refractivity contribution in [1.82, 2.24) is 30.2 Å². The Labute approximate surface area is 182 Å². The van der Waals surface area contributed by atoms with Gasteiger partial charge in [-0.25, -0.2) is 0 Å². The van der Waals surface area contributed by atoms with Gasteiger partial charge >= 0.3 is 6.18 Å². The van der Waals surface area contributed by atoms with Crippen LogP contribution in [0.5, 0.6) is 0 Å². The lowest BCUT2D eigenvalue weighted by Crippen LogP contribution is -2.42. The first-order valence-electron chi connectivity index (χ1n) is 10.6. The summed E-state index contributed by atoms with van der Waals surface area (Å²) in [5.74, 6) is 0.723. The first kappa shape index (κ1) is 20.7. The van der Waals surface area contributed by atoms with Gasteiger partial charge in [0.05, 0.1) is 5.56 Å². The highest BCUT2D eigenvalue weighted by molar-refractivity contribution is 5.79. The molecule has 4 heterocycles. The third-order valence-electron chi connectivity index (χ3n) is 6.41. The number of alkyl halides is 3. The molecule has 5 rings (SSSR count). The number of nitrogens with zero attached hydrogens (tertiary/aromatic N) is 7. The third kappa shape index (κ3) is 3.98. The fraction of sp³-hybridized carbons (Fsp3) is 0.476. The predicted molar refractivity (Wildman–Crippen MR) is 109 cm³/mol. The summed E-state index contributed by atoms with van der Waals surface area (Å²) in [6, 6.07) is 9.14. The van der Waals surface area contributed by atoms with Crippen LogP contribution in [-0.2, 0) is 11.0 Å². The maximum Gasteiger partial charge on any atom is 0.416 e. The van der Waals surface area contributed by atoms with E-state index in [9.17, 15) is 18.0 Å². The number of carbonyl (C=O) groups excluding carboxylic acids is 1. The smallest absolute Gasteiger partial charge is 0.355 e. The topological polar surface area (TPSA) is 79.5 Å². The zero-order valence-corrected chi connectivity index (χ0v) is 17.2. The molecule has 32 heavy (non-hydrogen) atoms. The maximum absolute atomic E-state index is 13.1. The van der Waals surface area contributed by atoms with Crippen molar-refractivity contribution in [2.24, 2.45) is 5.92 Å². The molecule has 2 aliphatic heterocycles. The van der Waals surface area contributed by atoms with Gasteiger partial charge in [-0.05, 0) is 53.5 Å². The van der Waals surface area contributed by atoms with Gasteiger partial charge in [0.1, 0.15) is 0 Å². The minimum Gasteiger partial charge on any atom is -0.355 e. The van der Waals surface area contributed by atoms with Crippen molar-refractivity contribution in [1.29, 1.82) is 0 Å². The van der Waals surface area contributed by atoms with E-state index >= 15 is 0 Å². The number of amides is 1. The van der Waals surface area contributed by atoms with E-state index in [2.05, 4.69) is 25.5 Å². The highest BCUT2D eigenvalue weighted by Crippen LogP contribution is 2.34. The second-order valence-electron chi connectivity index (χ2n) is 8.37. The molecule has 3 aromatic rings. The van der Waals surface area contributed by atoms with Crippen LogP contribution in [0.2, 0.25) is 0 Å². The van der Waals surface area contributed by atoms with Gasteiger partial charge in [-0.15, -0.1) is 14.8 Å². The van der Waals surface area contributed by atoms with Crippen LogP contribution < -0.4 is 4.90 Å². The Balaban J connectivity index is 1.19. The van der Waals surface area contributed by atoms with E-state index in [1.165, 1.54) is 16.8 Å². The fourth-order valence-corrected chi connectivity index (χ4v) is 4.62. The molecule has 8 nitrogen and oxygen atoms in total. The van der Waals surface area contributed by atoms with Crippen LogP contribution in [0.1, 0.15) is 36.3 Å². The van der Waals surface area contributed by atoms with Crippen LogP contribution in [-0.4, -0.2) is 62.2 Å². The number of anilines is 1. The van der Waals surface area contributed by atoms with Gasteiger partial charge in [0.2, 0.25) is 5.91 Å². The van der Waals surface area contributed by atoms with Crippen molar-refractivity contribution in [3.8, 4) is 0 Å². The number of likely N-dealkylation sites (tertiary alicyclic amines) is 1. The molecule has 2 fully saturated rings. The van der Waals surface area contributed by atoms with E-state index < -0.39 is 11.7 Å². The quantitative estimate of drug-likeness (QED) is 0.617. The van der Waals surface area contributed by atoms with Crippen molar-refractivity contribution in [2.75, 3.05) is 31.1 Å². The molecule has 1 atom stereocenters. The molecule has 0 N–H and O–H groups in total. The Morgan fingerprint density at radius 3 is 2.62 bits per heavy atom. The van der Waals surface area contributed by atoms with E-state index in [0.29, 0.717) is 56.7 Å². The Morgan fingerprint density at radius 2 is 1.84 bits per heavy atom. The van der Waals surface area contributed by atoms with Crippen molar-refractivity contribution < 1.29 is 18.0 Å². The number of aromatic nitrogens is 5. The van der Waals surface area contributed by atoms with Gasteiger partial charge in [-0.3, -0.25) is 4.79 Å². The van der Waals surface area contributed by atoms with Crippen LogP contribution >= 0.6 is 0 Å². The number of rotatable bonds is 3. The normalized spacial score (nSPS) is 20.3. The lowest BCUT2D eigenvalue weighted by atomic mass is 9.95. The fourth-order valence-electron chi connectivity index (χ4n) is 4.62. The molecule has 0 saturated carbocycles. The largest absolute Gasteiger partial charge is 0.416 e. The Hall–Kier alpha value is -3.24. The number of tetrazole rings is 1. The summed E-state index contributed by atoms with van der Waals surface area (Å²) in [6.45, 7) is 2.44. The highest BCUT2D eigenvalue weighted by atomic mass is 19.4. The van der Waals surface area contributed by atoms with Crippen LogP contribution in [0.25, 0.3) is 5.65 Å². The Bertz CT molecular complexity index is 1120. The summed E-state index contributed by atoms with van der Waals surface area (Å²) in [5, 5.41) is 15.7. The minimum absolute atomic E-state index is 0.0615. The van der Waals surface area contributed by atoms with Crippen LogP contribution in [0.15, 0.2) is 36.4 Å². The number of fused-ring (bicyclic) bond motifs is 1. The molecule has 0 radical (unpaired) electrons. The zero-order valence-electron chi connectivity index (χ0n) is 17.2. The van der Waals surface area contributed by atoms with Crippen LogP contribution in [0.4, 0.5) is 19.0 Å². The van der Waals surface area contributed by atoms with Gasteiger partial charge in [-0.1, -0.05) is 18.2 Å². The van der Waals surface area contributed by atoms with Crippen molar-refractivity contribution in [3.63, 3.8) is 0 Å². The summed E-state index contributed by atoms with van der Waals surface area (Å²) >= 11 is 0. The molecule has 168 valence electrons. The lowest BCUT2D eigenvalue weighted by Gasteiger charge is -2.33. The van der Waals surface area contributed by atoms with Gasteiger partial charge in [0.15, 0.2) is 11.5 Å². The molecule has 0 spiro atoms. The molecule has 2 aliphatic rings. The van der Waals surface area contributed by atoms with Crippen LogP contribution in [0.3, 0.4) is 0 Å². The van der Waals surface area contributed by atoms with E-state index in [1.807, 2.05) is 11.0 Å². The summed E-state index contributed by atoms with van der Waals surface area (Å²) in [6.07, 6.45) is -2.26. The van der Waals surface area contributed by atoms with E-state index in [1.54, 1.807) is 12.1 Å². The molecule has 1 amide bonds. The summed E-state index contributed by atoms with van der Waals surface area (Å²) in [7, 11) is 0.